The number of nitro groups is 1. The van der Waals surface area contributed by atoms with E-state index in [1.165, 1.54) is 18.2 Å². The van der Waals surface area contributed by atoms with Crippen molar-refractivity contribution < 1.29 is 24.0 Å². The van der Waals surface area contributed by atoms with Crippen molar-refractivity contribution in [3.8, 4) is 0 Å². The average Bonchev–Trinajstić information content (AvgIpc) is 2.78. The van der Waals surface area contributed by atoms with Gasteiger partial charge in [0, 0.05) is 30.8 Å². The van der Waals surface area contributed by atoms with E-state index in [-0.39, 0.29) is 28.9 Å². The molecule has 1 spiro atoms. The van der Waals surface area contributed by atoms with Crippen molar-refractivity contribution in [3.63, 3.8) is 0 Å². The second kappa shape index (κ2) is 7.78. The number of benzene rings is 2. The third-order valence-corrected chi connectivity index (χ3v) is 7.07. The lowest BCUT2D eigenvalue weighted by Crippen LogP contribution is -2.76. The molecule has 4 unspecified atom stereocenters. The lowest BCUT2D eigenvalue weighted by Gasteiger charge is -2.56. The highest BCUT2D eigenvalue weighted by Gasteiger charge is 2.65. The van der Waals surface area contributed by atoms with Crippen LogP contribution in [0.3, 0.4) is 0 Å². The molecule has 2 aromatic carbocycles. The quantitative estimate of drug-likeness (QED) is 0.395. The smallest absolute Gasteiger partial charge is 0.335 e. The lowest BCUT2D eigenvalue weighted by atomic mass is 9.66. The molecule has 5 rings (SSSR count). The van der Waals surface area contributed by atoms with E-state index < -0.39 is 40.3 Å². The molecule has 2 saturated heterocycles. The zero-order chi connectivity index (χ0) is 24.4. The van der Waals surface area contributed by atoms with Gasteiger partial charge in [-0.15, -0.1) is 0 Å². The van der Waals surface area contributed by atoms with Crippen LogP contribution in [0.5, 0.6) is 0 Å². The molecule has 2 aromatic rings. The number of hydrogen-bond donors (Lipinski definition) is 1. The Bertz CT molecular complexity index is 1250. The van der Waals surface area contributed by atoms with Crippen molar-refractivity contribution in [3.05, 3.63) is 63.2 Å². The van der Waals surface area contributed by atoms with Crippen LogP contribution in [0.15, 0.2) is 42.5 Å². The van der Waals surface area contributed by atoms with Gasteiger partial charge in [-0.05, 0) is 37.6 Å². The van der Waals surface area contributed by atoms with Crippen LogP contribution in [0.4, 0.5) is 21.9 Å². The predicted molar refractivity (Wildman–Crippen MR) is 123 cm³/mol. The van der Waals surface area contributed by atoms with Gasteiger partial charge in [0.05, 0.1) is 33.9 Å². The van der Waals surface area contributed by atoms with Crippen molar-refractivity contribution in [2.45, 2.75) is 38.5 Å². The normalized spacial score (nSPS) is 28.4. The summed E-state index contributed by atoms with van der Waals surface area (Å²) >= 11 is 6.30. The molecule has 0 aromatic heterocycles. The molecule has 0 saturated carbocycles. The van der Waals surface area contributed by atoms with Crippen LogP contribution in [0.1, 0.15) is 19.4 Å². The Hall–Kier alpha value is -3.50. The topological polar surface area (TPSA) is 122 Å². The Morgan fingerprint density at radius 1 is 1.15 bits per heavy atom. The van der Waals surface area contributed by atoms with Crippen molar-refractivity contribution >= 4 is 46.5 Å². The highest BCUT2D eigenvalue weighted by molar-refractivity contribution is 6.37. The molecule has 2 fully saturated rings. The van der Waals surface area contributed by atoms with Gasteiger partial charge in [-0.3, -0.25) is 25.0 Å². The molecule has 10 nitrogen and oxygen atoms in total. The Labute approximate surface area is 199 Å². The predicted octanol–water partition coefficient (Wildman–Crippen LogP) is 3.06. The summed E-state index contributed by atoms with van der Waals surface area (Å²) in [7, 11) is 0. The number of imide groups is 2. The zero-order valence-corrected chi connectivity index (χ0v) is 19.1. The molecule has 0 radical (unpaired) electrons. The lowest BCUT2D eigenvalue weighted by molar-refractivity contribution is -0.384. The molecular formula is C23H21ClN4O6. The molecule has 4 amide bonds. The van der Waals surface area contributed by atoms with Gasteiger partial charge in [-0.25, -0.2) is 9.69 Å². The van der Waals surface area contributed by atoms with E-state index in [1.54, 1.807) is 31.2 Å². The molecule has 3 aliphatic rings. The molecule has 1 N–H and O–H groups in total. The largest absolute Gasteiger partial charge is 0.372 e. The second-order valence-corrected chi connectivity index (χ2v) is 9.23. The number of non-ortho nitro benzene ring substituents is 1. The first kappa shape index (κ1) is 22.3. The summed E-state index contributed by atoms with van der Waals surface area (Å²) in [5.41, 5.74) is -0.597. The molecule has 4 atom stereocenters. The maximum absolute atomic E-state index is 14.2. The summed E-state index contributed by atoms with van der Waals surface area (Å²) < 4.78 is 6.04. The minimum Gasteiger partial charge on any atom is -0.372 e. The first-order valence-corrected chi connectivity index (χ1v) is 11.2. The number of nitrogens with one attached hydrogen (secondary N) is 1. The van der Waals surface area contributed by atoms with Crippen LogP contribution in [0, 0.1) is 15.5 Å². The van der Waals surface area contributed by atoms with Crippen LogP contribution in [0.25, 0.3) is 0 Å². The van der Waals surface area contributed by atoms with Crippen molar-refractivity contribution in [1.82, 2.24) is 5.32 Å². The van der Waals surface area contributed by atoms with E-state index in [1.807, 2.05) is 11.8 Å². The van der Waals surface area contributed by atoms with Gasteiger partial charge in [-0.2, -0.15) is 0 Å². The number of hydrogen-bond acceptors (Lipinski definition) is 7. The highest BCUT2D eigenvalue weighted by atomic mass is 35.5. The number of fused-ring (bicyclic) bond motifs is 4. The van der Waals surface area contributed by atoms with E-state index in [0.29, 0.717) is 17.8 Å². The van der Waals surface area contributed by atoms with Crippen LogP contribution in [0.2, 0.25) is 5.02 Å². The summed E-state index contributed by atoms with van der Waals surface area (Å²) in [5.74, 6) is -1.51. The fraction of sp³-hybridized carbons (Fsp3) is 0.348. The molecule has 3 aliphatic heterocycles. The number of carbonyl (C=O) groups is 3. The molecular weight excluding hydrogens is 464 g/mol. The number of amides is 4. The fourth-order valence-corrected chi connectivity index (χ4v) is 5.70. The number of nitro benzene ring substituents is 1. The Balaban J connectivity index is 1.72. The van der Waals surface area contributed by atoms with Crippen LogP contribution in [-0.4, -0.2) is 47.6 Å². The average molecular weight is 485 g/mol. The Morgan fingerprint density at radius 3 is 2.59 bits per heavy atom. The molecule has 0 bridgehead atoms. The molecule has 176 valence electrons. The first-order chi connectivity index (χ1) is 16.1. The number of halogens is 1. The van der Waals surface area contributed by atoms with E-state index in [9.17, 15) is 24.5 Å². The number of ether oxygens (including phenoxy) is 1. The summed E-state index contributed by atoms with van der Waals surface area (Å²) in [6.07, 6.45) is -0.901. The van der Waals surface area contributed by atoms with Crippen molar-refractivity contribution in [2.75, 3.05) is 16.3 Å². The Kier molecular flexibility index (Phi) is 5.10. The van der Waals surface area contributed by atoms with E-state index >= 15 is 0 Å². The number of rotatable bonds is 2. The van der Waals surface area contributed by atoms with E-state index in [0.717, 1.165) is 4.90 Å². The van der Waals surface area contributed by atoms with Gasteiger partial charge in [0.25, 0.3) is 11.6 Å². The summed E-state index contributed by atoms with van der Waals surface area (Å²) in [5, 5.41) is 13.9. The highest BCUT2D eigenvalue weighted by Crippen LogP contribution is 2.49. The number of barbiturate groups is 1. The fourth-order valence-electron chi connectivity index (χ4n) is 5.48. The molecule has 0 aliphatic carbocycles. The first-order valence-electron chi connectivity index (χ1n) is 10.8. The number of carbonyl (C=O) groups excluding carboxylic acids is 3. The van der Waals surface area contributed by atoms with Crippen LogP contribution in [-0.2, 0) is 20.7 Å². The van der Waals surface area contributed by atoms with Crippen molar-refractivity contribution in [1.29, 1.82) is 0 Å². The third-order valence-electron chi connectivity index (χ3n) is 6.75. The number of morpholine rings is 1. The van der Waals surface area contributed by atoms with Gasteiger partial charge >= 0.3 is 6.03 Å². The molecule has 3 heterocycles. The van der Waals surface area contributed by atoms with Crippen molar-refractivity contribution in [2.24, 2.45) is 5.41 Å². The van der Waals surface area contributed by atoms with E-state index in [2.05, 4.69) is 5.32 Å². The van der Waals surface area contributed by atoms with Gasteiger partial charge in [0.1, 0.15) is 0 Å². The van der Waals surface area contributed by atoms with Crippen LogP contribution < -0.4 is 15.1 Å². The van der Waals surface area contributed by atoms with Gasteiger partial charge < -0.3 is 9.64 Å². The number of para-hydroxylation sites is 1. The second-order valence-electron chi connectivity index (χ2n) is 8.82. The summed E-state index contributed by atoms with van der Waals surface area (Å²) in [6.45, 7) is 4.02. The standard InChI is InChI=1S/C23H21ClN4O6/c1-12-11-26-17-8-7-15(28(32)33)9-14(17)10-23(19(26)13(2)34-12)20(29)25-22(31)27(21(23)30)18-6-4-3-5-16(18)24/h3-9,12-13,19H,10-11H2,1-2H3,(H,25,29,31). The zero-order valence-electron chi connectivity index (χ0n) is 18.4. The minimum atomic E-state index is -1.77. The van der Waals surface area contributed by atoms with E-state index in [4.69, 9.17) is 16.3 Å². The third kappa shape index (κ3) is 3.09. The Morgan fingerprint density at radius 2 is 1.88 bits per heavy atom. The monoisotopic (exact) mass is 484 g/mol. The van der Waals surface area contributed by atoms with Crippen LogP contribution >= 0.6 is 11.6 Å². The van der Waals surface area contributed by atoms with Gasteiger partial charge in [0.15, 0.2) is 5.41 Å². The maximum Gasteiger partial charge on any atom is 0.335 e. The molecule has 11 heteroatoms. The summed E-state index contributed by atoms with van der Waals surface area (Å²) in [4.78, 5) is 54.3. The number of nitrogens with zero attached hydrogens (tertiary/aromatic N) is 3. The molecule has 34 heavy (non-hydrogen) atoms. The number of urea groups is 1. The maximum atomic E-state index is 14.2. The SMILES string of the molecule is CC1CN2c3ccc([N+](=O)[O-])cc3CC3(C(=O)NC(=O)N(c4ccccc4Cl)C3=O)C2C(C)O1. The summed E-state index contributed by atoms with van der Waals surface area (Å²) in [6, 6.07) is 9.13. The van der Waals surface area contributed by atoms with Gasteiger partial charge in [0.2, 0.25) is 5.91 Å². The minimum absolute atomic E-state index is 0.133. The number of anilines is 2. The van der Waals surface area contributed by atoms with Gasteiger partial charge in [-0.1, -0.05) is 23.7 Å².